The standard InChI is InChI=1S/C90H93N3/c1-84(2,3)60-32-34-65(35-33-60)90(66-44-54-71(55-45-66)91(69-46-36-61(37-47-69)85(4,5)6)70-48-38-62(39-49-70)86(7,8)9)78-58-74(92(67-26-20-18-21-27-67)72-50-40-63(41-51-72)87(10,11)12)56-57-76(78)81-79(90)59-80(83-82(81)75-30-24-25-31-77(75)89(83,16)17)93(68-28-22-19-23-29-68)73-52-42-64(43-53-73)88(13,14)15/h18-59H,1-17H3. The third-order valence-electron chi connectivity index (χ3n) is 20.1. The topological polar surface area (TPSA) is 9.72 Å². The van der Waals surface area contributed by atoms with E-state index in [-0.39, 0.29) is 32.5 Å². The molecule has 1 atom stereocenters. The number of anilines is 9. The molecule has 0 saturated carbocycles. The summed E-state index contributed by atoms with van der Waals surface area (Å²) in [6, 6.07) is 98.0. The Hall–Kier alpha value is -9.18. The van der Waals surface area contributed by atoms with Gasteiger partial charge in [0.1, 0.15) is 0 Å². The number of para-hydroxylation sites is 2. The zero-order valence-corrected chi connectivity index (χ0v) is 58.1. The Kier molecular flexibility index (Phi) is 15.4. The number of hydrogen-bond acceptors (Lipinski definition) is 3. The zero-order valence-electron chi connectivity index (χ0n) is 58.1. The molecule has 93 heavy (non-hydrogen) atoms. The van der Waals surface area contributed by atoms with Gasteiger partial charge in [-0.15, -0.1) is 0 Å². The molecule has 0 aromatic heterocycles. The van der Waals surface area contributed by atoms with Gasteiger partial charge in [-0.25, -0.2) is 0 Å². The number of fused-ring (bicyclic) bond motifs is 7. The molecule has 468 valence electrons. The van der Waals surface area contributed by atoms with Crippen LogP contribution in [0.25, 0.3) is 22.3 Å². The average molecular weight is 1220 g/mol. The Morgan fingerprint density at radius 1 is 0.247 bits per heavy atom. The van der Waals surface area contributed by atoms with Crippen molar-refractivity contribution >= 4 is 51.2 Å². The molecule has 2 aliphatic rings. The highest BCUT2D eigenvalue weighted by molar-refractivity contribution is 6.05. The SMILES string of the molecule is CC(C)(C)c1ccc(N(c2ccc(C(C)(C)C)cc2)c2ccc(C3(c4ccc(C(C)(C)C)cc4)c4cc(N(c5ccccc5)c5ccc(C(C)(C)C)cc5)ccc4-c4c3cc(N(c3ccccc3)c3ccc(C(C)(C)C)cc3)c3c4-c4ccccc4C3(C)C)cc2)cc1. The van der Waals surface area contributed by atoms with Gasteiger partial charge < -0.3 is 14.7 Å². The first-order valence-electron chi connectivity index (χ1n) is 33.7. The van der Waals surface area contributed by atoms with E-state index < -0.39 is 5.41 Å². The maximum Gasteiger partial charge on any atom is 0.0715 e. The van der Waals surface area contributed by atoms with Gasteiger partial charge in [-0.3, -0.25) is 0 Å². The average Bonchev–Trinajstić information content (AvgIpc) is 1.51. The van der Waals surface area contributed by atoms with Crippen LogP contribution in [0, 0.1) is 0 Å². The minimum Gasteiger partial charge on any atom is -0.311 e. The molecule has 0 heterocycles. The van der Waals surface area contributed by atoms with E-state index in [1.807, 2.05) is 0 Å². The molecular formula is C90H93N3. The first-order chi connectivity index (χ1) is 44.0. The molecule has 0 saturated heterocycles. The summed E-state index contributed by atoms with van der Waals surface area (Å²) < 4.78 is 0. The van der Waals surface area contributed by atoms with Crippen LogP contribution in [-0.4, -0.2) is 0 Å². The van der Waals surface area contributed by atoms with Crippen LogP contribution in [0.15, 0.2) is 255 Å². The highest BCUT2D eigenvalue weighted by atomic mass is 15.2. The molecule has 3 nitrogen and oxygen atoms in total. The number of nitrogens with zero attached hydrogens (tertiary/aromatic N) is 3. The number of hydrogen-bond donors (Lipinski definition) is 0. The fourth-order valence-corrected chi connectivity index (χ4v) is 14.8. The predicted octanol–water partition coefficient (Wildman–Crippen LogP) is 25.3. The van der Waals surface area contributed by atoms with Crippen molar-refractivity contribution in [1.29, 1.82) is 0 Å². The molecule has 11 aromatic rings. The van der Waals surface area contributed by atoms with Gasteiger partial charge in [0.2, 0.25) is 0 Å². The van der Waals surface area contributed by atoms with E-state index in [0.29, 0.717) is 0 Å². The first kappa shape index (κ1) is 62.6. The predicted molar refractivity (Wildman–Crippen MR) is 399 cm³/mol. The van der Waals surface area contributed by atoms with Crippen molar-refractivity contribution in [1.82, 2.24) is 0 Å². The Bertz CT molecular complexity index is 4460. The Balaban J connectivity index is 1.16. The molecule has 0 N–H and O–H groups in total. The van der Waals surface area contributed by atoms with Crippen molar-refractivity contribution in [2.45, 2.75) is 156 Å². The normalized spacial score (nSPS) is 15.1. The molecule has 13 rings (SSSR count). The molecular weight excluding hydrogens is 1120 g/mol. The second-order valence-corrected chi connectivity index (χ2v) is 32.0. The van der Waals surface area contributed by atoms with Crippen molar-refractivity contribution in [2.24, 2.45) is 0 Å². The van der Waals surface area contributed by atoms with Crippen LogP contribution in [0.2, 0.25) is 0 Å². The summed E-state index contributed by atoms with van der Waals surface area (Å²) in [5.74, 6) is 0. The van der Waals surface area contributed by atoms with Gasteiger partial charge in [0.15, 0.2) is 0 Å². The number of rotatable bonds is 11. The van der Waals surface area contributed by atoms with Crippen LogP contribution in [0.4, 0.5) is 51.2 Å². The molecule has 0 aliphatic heterocycles. The van der Waals surface area contributed by atoms with E-state index in [1.165, 1.54) is 89.1 Å². The zero-order chi connectivity index (χ0) is 65.8. The molecule has 0 amide bonds. The lowest BCUT2D eigenvalue weighted by atomic mass is 9.66. The molecule has 2 aliphatic carbocycles. The monoisotopic (exact) mass is 1220 g/mol. The Morgan fingerprint density at radius 3 is 0.957 bits per heavy atom. The van der Waals surface area contributed by atoms with Gasteiger partial charge in [0.05, 0.1) is 11.1 Å². The summed E-state index contributed by atoms with van der Waals surface area (Å²) in [5.41, 5.74) is 27.9. The van der Waals surface area contributed by atoms with Gasteiger partial charge in [0, 0.05) is 50.9 Å². The molecule has 0 spiro atoms. The third-order valence-corrected chi connectivity index (χ3v) is 20.1. The highest BCUT2D eigenvalue weighted by Crippen LogP contribution is 2.66. The summed E-state index contributed by atoms with van der Waals surface area (Å²) in [4.78, 5) is 7.47. The lowest BCUT2D eigenvalue weighted by Gasteiger charge is -2.38. The number of benzene rings is 11. The second-order valence-electron chi connectivity index (χ2n) is 32.0. The van der Waals surface area contributed by atoms with E-state index >= 15 is 0 Å². The molecule has 0 bridgehead atoms. The first-order valence-corrected chi connectivity index (χ1v) is 33.7. The highest BCUT2D eigenvalue weighted by Gasteiger charge is 2.52. The quantitative estimate of drug-likeness (QED) is 0.128. The van der Waals surface area contributed by atoms with Crippen molar-refractivity contribution in [3.63, 3.8) is 0 Å². The fourth-order valence-electron chi connectivity index (χ4n) is 14.8. The molecule has 3 heteroatoms. The van der Waals surface area contributed by atoms with E-state index in [2.05, 4.69) is 387 Å². The summed E-state index contributed by atoms with van der Waals surface area (Å²) >= 11 is 0. The van der Waals surface area contributed by atoms with Gasteiger partial charge in [-0.2, -0.15) is 0 Å². The van der Waals surface area contributed by atoms with Crippen molar-refractivity contribution in [3.8, 4) is 22.3 Å². The second kappa shape index (κ2) is 22.8. The lowest BCUT2D eigenvalue weighted by molar-refractivity contribution is 0.589. The Morgan fingerprint density at radius 2 is 0.548 bits per heavy atom. The van der Waals surface area contributed by atoms with Crippen molar-refractivity contribution in [3.05, 3.63) is 316 Å². The molecule has 11 aromatic carbocycles. The van der Waals surface area contributed by atoms with Gasteiger partial charge in [-0.05, 0) is 214 Å². The Labute approximate surface area is 556 Å². The van der Waals surface area contributed by atoms with Gasteiger partial charge in [0.25, 0.3) is 0 Å². The molecule has 0 radical (unpaired) electrons. The van der Waals surface area contributed by atoms with Crippen molar-refractivity contribution < 1.29 is 0 Å². The smallest absolute Gasteiger partial charge is 0.0715 e. The minimum atomic E-state index is -0.870. The molecule has 0 fully saturated rings. The largest absolute Gasteiger partial charge is 0.311 e. The summed E-state index contributed by atoms with van der Waals surface area (Å²) in [7, 11) is 0. The lowest BCUT2D eigenvalue weighted by Crippen LogP contribution is -2.30. The van der Waals surface area contributed by atoms with Crippen LogP contribution in [0.1, 0.15) is 179 Å². The van der Waals surface area contributed by atoms with E-state index in [9.17, 15) is 0 Å². The van der Waals surface area contributed by atoms with Crippen LogP contribution < -0.4 is 14.7 Å². The van der Waals surface area contributed by atoms with Crippen LogP contribution >= 0.6 is 0 Å². The van der Waals surface area contributed by atoms with Crippen LogP contribution in [-0.2, 0) is 37.9 Å². The van der Waals surface area contributed by atoms with E-state index in [1.54, 1.807) is 0 Å². The summed E-state index contributed by atoms with van der Waals surface area (Å²) in [5, 5.41) is 0. The maximum atomic E-state index is 2.64. The van der Waals surface area contributed by atoms with Crippen LogP contribution in [0.3, 0.4) is 0 Å². The van der Waals surface area contributed by atoms with E-state index in [4.69, 9.17) is 0 Å². The summed E-state index contributed by atoms with van der Waals surface area (Å²) in [6.45, 7) is 39.5. The van der Waals surface area contributed by atoms with Crippen molar-refractivity contribution in [2.75, 3.05) is 14.7 Å². The van der Waals surface area contributed by atoms with E-state index in [0.717, 1.165) is 45.5 Å². The maximum absolute atomic E-state index is 2.64. The van der Waals surface area contributed by atoms with Gasteiger partial charge in [-0.1, -0.05) is 269 Å². The molecule has 1 unspecified atom stereocenters. The van der Waals surface area contributed by atoms with Crippen LogP contribution in [0.5, 0.6) is 0 Å². The third kappa shape index (κ3) is 11.1. The minimum absolute atomic E-state index is 0.00376. The summed E-state index contributed by atoms with van der Waals surface area (Å²) in [6.07, 6.45) is 0. The fraction of sp³-hybridized carbons (Fsp3) is 0.267. The van der Waals surface area contributed by atoms with Gasteiger partial charge >= 0.3 is 0 Å².